The van der Waals surface area contributed by atoms with E-state index in [1.165, 1.54) is 0 Å². The van der Waals surface area contributed by atoms with Crippen LogP contribution in [0.3, 0.4) is 0 Å². The standard InChI is InChI=1S/C15H23ClN4O/c1-5-19(6-2)14(17)18-15(21)20(7-3)13-11(4)9-8-10-12(13)16/h8-10H,5-7H2,1-4H3,(H2,17,18,21). The van der Waals surface area contributed by atoms with Crippen molar-refractivity contribution in [3.05, 3.63) is 28.8 Å². The molecule has 0 radical (unpaired) electrons. The molecular weight excluding hydrogens is 288 g/mol. The number of anilines is 1. The van der Waals surface area contributed by atoms with Gasteiger partial charge in [0, 0.05) is 19.6 Å². The van der Waals surface area contributed by atoms with E-state index >= 15 is 0 Å². The smallest absolute Gasteiger partial charge is 0.328 e. The molecule has 0 fully saturated rings. The van der Waals surface area contributed by atoms with E-state index in [9.17, 15) is 4.79 Å². The van der Waals surface area contributed by atoms with Crippen LogP contribution in [0.5, 0.6) is 0 Å². The summed E-state index contributed by atoms with van der Waals surface area (Å²) in [5.41, 5.74) is 1.61. The molecular formula is C15H23ClN4O. The molecule has 21 heavy (non-hydrogen) atoms. The van der Waals surface area contributed by atoms with E-state index in [2.05, 4.69) is 5.32 Å². The van der Waals surface area contributed by atoms with Crippen molar-refractivity contribution in [1.29, 1.82) is 5.41 Å². The van der Waals surface area contributed by atoms with Crippen LogP contribution >= 0.6 is 11.6 Å². The number of urea groups is 1. The van der Waals surface area contributed by atoms with Gasteiger partial charge in [-0.1, -0.05) is 23.7 Å². The van der Waals surface area contributed by atoms with Crippen molar-refractivity contribution in [3.8, 4) is 0 Å². The monoisotopic (exact) mass is 310 g/mol. The van der Waals surface area contributed by atoms with Gasteiger partial charge in [0.15, 0.2) is 5.96 Å². The molecule has 1 aromatic carbocycles. The van der Waals surface area contributed by atoms with Crippen molar-refractivity contribution in [2.45, 2.75) is 27.7 Å². The fourth-order valence-electron chi connectivity index (χ4n) is 2.16. The number of nitrogens with zero attached hydrogens (tertiary/aromatic N) is 2. The Labute approximate surface area is 131 Å². The Hall–Kier alpha value is -1.75. The maximum atomic E-state index is 12.4. The first-order valence-corrected chi connectivity index (χ1v) is 7.51. The lowest BCUT2D eigenvalue weighted by Crippen LogP contribution is -2.49. The van der Waals surface area contributed by atoms with Gasteiger partial charge in [0.05, 0.1) is 10.7 Å². The van der Waals surface area contributed by atoms with Gasteiger partial charge in [-0.15, -0.1) is 0 Å². The number of halogens is 1. The highest BCUT2D eigenvalue weighted by molar-refractivity contribution is 6.34. The minimum absolute atomic E-state index is 0.105. The highest BCUT2D eigenvalue weighted by Gasteiger charge is 2.20. The Morgan fingerprint density at radius 1 is 1.24 bits per heavy atom. The summed E-state index contributed by atoms with van der Waals surface area (Å²) in [5, 5.41) is 11.1. The van der Waals surface area contributed by atoms with E-state index in [-0.39, 0.29) is 12.0 Å². The first-order valence-electron chi connectivity index (χ1n) is 7.13. The van der Waals surface area contributed by atoms with Gasteiger partial charge < -0.3 is 4.90 Å². The van der Waals surface area contributed by atoms with Gasteiger partial charge >= 0.3 is 6.03 Å². The Kier molecular flexibility index (Phi) is 6.49. The SMILES string of the molecule is CCN(CC)C(=N)NC(=O)N(CC)c1c(C)cccc1Cl. The number of carbonyl (C=O) groups is 1. The van der Waals surface area contributed by atoms with E-state index in [4.69, 9.17) is 17.0 Å². The van der Waals surface area contributed by atoms with Crippen LogP contribution in [-0.2, 0) is 0 Å². The van der Waals surface area contributed by atoms with E-state index in [1.807, 2.05) is 39.8 Å². The van der Waals surface area contributed by atoms with Crippen LogP contribution in [0.1, 0.15) is 26.3 Å². The molecule has 0 saturated carbocycles. The summed E-state index contributed by atoms with van der Waals surface area (Å²) < 4.78 is 0. The first-order chi connectivity index (χ1) is 9.96. The second-order valence-electron chi connectivity index (χ2n) is 4.60. The molecule has 0 aliphatic carbocycles. The molecule has 0 bridgehead atoms. The van der Waals surface area contributed by atoms with Crippen LogP contribution in [0.15, 0.2) is 18.2 Å². The molecule has 0 heterocycles. The lowest BCUT2D eigenvalue weighted by Gasteiger charge is -2.27. The van der Waals surface area contributed by atoms with Crippen molar-refractivity contribution in [2.75, 3.05) is 24.5 Å². The molecule has 5 nitrogen and oxygen atoms in total. The number of hydrogen-bond acceptors (Lipinski definition) is 2. The van der Waals surface area contributed by atoms with Gasteiger partial charge in [-0.2, -0.15) is 0 Å². The third kappa shape index (κ3) is 4.11. The third-order valence-electron chi connectivity index (χ3n) is 3.32. The predicted molar refractivity (Wildman–Crippen MR) is 88.4 cm³/mol. The summed E-state index contributed by atoms with van der Waals surface area (Å²) in [6.45, 7) is 9.50. The fourth-order valence-corrected chi connectivity index (χ4v) is 2.48. The van der Waals surface area contributed by atoms with Gasteiger partial charge in [0.25, 0.3) is 0 Å². The number of guanidine groups is 1. The van der Waals surface area contributed by atoms with Crippen LogP contribution < -0.4 is 10.2 Å². The van der Waals surface area contributed by atoms with E-state index in [0.29, 0.717) is 30.3 Å². The zero-order valence-corrected chi connectivity index (χ0v) is 13.8. The van der Waals surface area contributed by atoms with Gasteiger partial charge in [0.2, 0.25) is 0 Å². The predicted octanol–water partition coefficient (Wildman–Crippen LogP) is 3.46. The zero-order chi connectivity index (χ0) is 16.0. The highest BCUT2D eigenvalue weighted by atomic mass is 35.5. The zero-order valence-electron chi connectivity index (χ0n) is 13.0. The molecule has 2 N–H and O–H groups in total. The van der Waals surface area contributed by atoms with Gasteiger partial charge in [0.1, 0.15) is 0 Å². The number of benzene rings is 1. The van der Waals surface area contributed by atoms with Crippen LogP contribution in [0.4, 0.5) is 10.5 Å². The summed E-state index contributed by atoms with van der Waals surface area (Å²) >= 11 is 6.21. The molecule has 1 rings (SSSR count). The molecule has 0 aliphatic heterocycles. The summed E-state index contributed by atoms with van der Waals surface area (Å²) in [6, 6.07) is 5.18. The van der Waals surface area contributed by atoms with E-state index < -0.39 is 0 Å². The first kappa shape index (κ1) is 17.3. The van der Waals surface area contributed by atoms with E-state index in [0.717, 1.165) is 5.56 Å². The average molecular weight is 311 g/mol. The summed E-state index contributed by atoms with van der Waals surface area (Å²) in [6.07, 6.45) is 0. The quantitative estimate of drug-likeness (QED) is 0.661. The number of rotatable bonds is 4. The van der Waals surface area contributed by atoms with Crippen molar-refractivity contribution >= 4 is 29.3 Å². The van der Waals surface area contributed by atoms with Crippen molar-refractivity contribution in [1.82, 2.24) is 10.2 Å². The average Bonchev–Trinajstić information content (AvgIpc) is 2.44. The fraction of sp³-hybridized carbons (Fsp3) is 0.467. The minimum Gasteiger partial charge on any atom is -0.343 e. The van der Waals surface area contributed by atoms with Crippen LogP contribution in [0.25, 0.3) is 0 Å². The Morgan fingerprint density at radius 3 is 2.33 bits per heavy atom. The summed E-state index contributed by atoms with van der Waals surface area (Å²) in [7, 11) is 0. The Bertz CT molecular complexity index is 494. The van der Waals surface area contributed by atoms with Gasteiger partial charge in [-0.05, 0) is 39.3 Å². The summed E-state index contributed by atoms with van der Waals surface area (Å²) in [4.78, 5) is 15.7. The second kappa shape index (κ2) is 7.88. The molecule has 0 unspecified atom stereocenters. The van der Waals surface area contributed by atoms with Crippen LogP contribution in [0.2, 0.25) is 5.02 Å². The Balaban J connectivity index is 2.95. The normalized spacial score (nSPS) is 10.1. The van der Waals surface area contributed by atoms with Crippen LogP contribution in [0, 0.1) is 12.3 Å². The number of nitrogens with one attached hydrogen (secondary N) is 2. The Morgan fingerprint density at radius 2 is 1.86 bits per heavy atom. The maximum absolute atomic E-state index is 12.4. The topological polar surface area (TPSA) is 59.4 Å². The van der Waals surface area contributed by atoms with Crippen molar-refractivity contribution in [3.63, 3.8) is 0 Å². The molecule has 6 heteroatoms. The molecule has 1 aromatic rings. The molecule has 0 aromatic heterocycles. The molecule has 2 amide bonds. The summed E-state index contributed by atoms with van der Waals surface area (Å²) in [5.74, 6) is 0.105. The number of carbonyl (C=O) groups excluding carboxylic acids is 1. The van der Waals surface area contributed by atoms with Crippen LogP contribution in [-0.4, -0.2) is 36.5 Å². The lowest BCUT2D eigenvalue weighted by atomic mass is 10.2. The molecule has 0 aliphatic rings. The van der Waals surface area contributed by atoms with Gasteiger partial charge in [-0.25, -0.2) is 4.79 Å². The number of para-hydroxylation sites is 1. The van der Waals surface area contributed by atoms with Crippen molar-refractivity contribution in [2.24, 2.45) is 0 Å². The molecule has 0 spiro atoms. The maximum Gasteiger partial charge on any atom is 0.328 e. The lowest BCUT2D eigenvalue weighted by molar-refractivity contribution is 0.249. The minimum atomic E-state index is -0.342. The number of aryl methyl sites for hydroxylation is 1. The van der Waals surface area contributed by atoms with Gasteiger partial charge in [-0.3, -0.25) is 15.6 Å². The molecule has 0 atom stereocenters. The number of hydrogen-bond donors (Lipinski definition) is 2. The van der Waals surface area contributed by atoms with E-state index in [1.54, 1.807) is 15.9 Å². The van der Waals surface area contributed by atoms with Crippen molar-refractivity contribution < 1.29 is 4.79 Å². The second-order valence-corrected chi connectivity index (χ2v) is 5.01. The number of amides is 2. The third-order valence-corrected chi connectivity index (χ3v) is 3.63. The highest BCUT2D eigenvalue weighted by Crippen LogP contribution is 2.29. The molecule has 116 valence electrons. The largest absolute Gasteiger partial charge is 0.343 e. The molecule has 0 saturated heterocycles.